The predicted molar refractivity (Wildman–Crippen MR) is 110 cm³/mol. The first-order valence-corrected chi connectivity index (χ1v) is 10.8. The Morgan fingerprint density at radius 2 is 1.50 bits per heavy atom. The third kappa shape index (κ3) is 3.96. The van der Waals surface area contributed by atoms with Crippen LogP contribution in [0.4, 0.5) is 5.69 Å². The Kier molecular flexibility index (Phi) is 6.13. The number of nitro groups is 1. The molecule has 8 heteroatoms. The Labute approximate surface area is 175 Å². The van der Waals surface area contributed by atoms with Crippen molar-refractivity contribution in [2.45, 2.75) is 51.0 Å². The fourth-order valence-electron chi connectivity index (χ4n) is 4.65. The Bertz CT molecular complexity index is 850. The van der Waals surface area contributed by atoms with E-state index < -0.39 is 4.92 Å². The minimum atomic E-state index is -0.469. The van der Waals surface area contributed by atoms with E-state index in [0.717, 1.165) is 38.5 Å². The van der Waals surface area contributed by atoms with Gasteiger partial charge >= 0.3 is 0 Å². The number of amides is 2. The summed E-state index contributed by atoms with van der Waals surface area (Å²) in [5.74, 6) is -0.512. The van der Waals surface area contributed by atoms with Gasteiger partial charge in [-0.05, 0) is 30.5 Å². The molecule has 0 bridgehead atoms. The smallest absolute Gasteiger partial charge is 0.278 e. The number of nitrogens with zero attached hydrogens (tertiary/aromatic N) is 3. The number of rotatable bonds is 4. The average Bonchev–Trinajstić information content (AvgIpc) is 2.99. The standard InChI is InChI=1S/C22H27N3O5/c26-21-19(16-8-10-18(11-9-16)25(28)29)20(23-12-14-30-15-13-23)22(27)24(21)17-6-4-2-1-3-5-7-17/h8-11,17H,1-7,12-15H2. The van der Waals surface area contributed by atoms with Crippen LogP contribution in [0.25, 0.3) is 5.57 Å². The summed E-state index contributed by atoms with van der Waals surface area (Å²) in [7, 11) is 0. The van der Waals surface area contributed by atoms with Gasteiger partial charge in [-0.25, -0.2) is 0 Å². The number of carbonyl (C=O) groups excluding carboxylic acids is 2. The number of hydrogen-bond acceptors (Lipinski definition) is 6. The van der Waals surface area contributed by atoms with Crippen molar-refractivity contribution in [2.24, 2.45) is 0 Å². The van der Waals surface area contributed by atoms with E-state index in [1.807, 2.05) is 4.90 Å². The highest BCUT2D eigenvalue weighted by Gasteiger charge is 2.44. The second kappa shape index (κ2) is 8.95. The van der Waals surface area contributed by atoms with Crippen molar-refractivity contribution in [2.75, 3.05) is 26.3 Å². The number of nitro benzene ring substituents is 1. The van der Waals surface area contributed by atoms with E-state index >= 15 is 0 Å². The summed E-state index contributed by atoms with van der Waals surface area (Å²) < 4.78 is 5.43. The van der Waals surface area contributed by atoms with Crippen molar-refractivity contribution in [1.29, 1.82) is 0 Å². The summed E-state index contributed by atoms with van der Waals surface area (Å²) in [6.07, 6.45) is 7.17. The number of non-ortho nitro benzene ring substituents is 1. The van der Waals surface area contributed by atoms with Crippen molar-refractivity contribution in [3.63, 3.8) is 0 Å². The molecule has 2 aliphatic heterocycles. The third-order valence-electron chi connectivity index (χ3n) is 6.22. The van der Waals surface area contributed by atoms with E-state index in [0.29, 0.717) is 43.1 Å². The Morgan fingerprint density at radius 1 is 0.900 bits per heavy atom. The lowest BCUT2D eigenvalue weighted by atomic mass is 9.95. The van der Waals surface area contributed by atoms with Crippen LogP contribution in [0.2, 0.25) is 0 Å². The number of carbonyl (C=O) groups is 2. The Balaban J connectivity index is 1.71. The van der Waals surface area contributed by atoms with Crippen molar-refractivity contribution in [3.8, 4) is 0 Å². The normalized spacial score (nSPS) is 21.7. The van der Waals surface area contributed by atoms with E-state index in [4.69, 9.17) is 4.74 Å². The summed E-state index contributed by atoms with van der Waals surface area (Å²) >= 11 is 0. The summed E-state index contributed by atoms with van der Waals surface area (Å²) in [4.78, 5) is 41.0. The maximum absolute atomic E-state index is 13.5. The summed E-state index contributed by atoms with van der Waals surface area (Å²) in [6.45, 7) is 2.09. The first kappa shape index (κ1) is 20.5. The van der Waals surface area contributed by atoms with Gasteiger partial charge in [0.1, 0.15) is 5.70 Å². The zero-order valence-electron chi connectivity index (χ0n) is 17.0. The molecule has 30 heavy (non-hydrogen) atoms. The molecule has 1 saturated carbocycles. The quantitative estimate of drug-likeness (QED) is 0.428. The van der Waals surface area contributed by atoms with Gasteiger partial charge in [-0.2, -0.15) is 0 Å². The highest BCUT2D eigenvalue weighted by atomic mass is 16.6. The lowest BCUT2D eigenvalue weighted by Gasteiger charge is -2.31. The summed E-state index contributed by atoms with van der Waals surface area (Å²) in [6, 6.07) is 5.82. The van der Waals surface area contributed by atoms with Crippen LogP contribution >= 0.6 is 0 Å². The molecule has 8 nitrogen and oxygen atoms in total. The zero-order chi connectivity index (χ0) is 21.1. The maximum atomic E-state index is 13.5. The van der Waals surface area contributed by atoms with Crippen LogP contribution in [0, 0.1) is 10.1 Å². The van der Waals surface area contributed by atoms with E-state index in [9.17, 15) is 19.7 Å². The predicted octanol–water partition coefficient (Wildman–Crippen LogP) is 3.12. The van der Waals surface area contributed by atoms with Gasteiger partial charge in [-0.1, -0.05) is 32.1 Å². The van der Waals surface area contributed by atoms with Crippen LogP contribution < -0.4 is 0 Å². The molecule has 0 spiro atoms. The highest BCUT2D eigenvalue weighted by molar-refractivity contribution is 6.35. The molecule has 0 N–H and O–H groups in total. The second-order valence-electron chi connectivity index (χ2n) is 8.11. The Morgan fingerprint density at radius 3 is 2.10 bits per heavy atom. The highest BCUT2D eigenvalue weighted by Crippen LogP contribution is 2.36. The molecule has 160 valence electrons. The molecule has 3 aliphatic rings. The molecule has 2 heterocycles. The fourth-order valence-corrected chi connectivity index (χ4v) is 4.65. The van der Waals surface area contributed by atoms with E-state index in [-0.39, 0.29) is 23.5 Å². The van der Waals surface area contributed by atoms with Gasteiger partial charge in [0, 0.05) is 31.3 Å². The molecule has 0 aromatic heterocycles. The molecule has 0 radical (unpaired) electrons. The minimum Gasteiger partial charge on any atom is -0.378 e. The van der Waals surface area contributed by atoms with Crippen LogP contribution in [0.1, 0.15) is 50.5 Å². The number of ether oxygens (including phenoxy) is 1. The molecule has 1 aromatic rings. The van der Waals surface area contributed by atoms with Crippen molar-refractivity contribution >= 4 is 23.1 Å². The van der Waals surface area contributed by atoms with Crippen molar-refractivity contribution < 1.29 is 19.2 Å². The van der Waals surface area contributed by atoms with Gasteiger partial charge in [0.2, 0.25) is 0 Å². The molecule has 1 saturated heterocycles. The molecule has 1 aliphatic carbocycles. The molecule has 4 rings (SSSR count). The van der Waals surface area contributed by atoms with Crippen LogP contribution in [-0.4, -0.2) is 58.9 Å². The van der Waals surface area contributed by atoms with Crippen LogP contribution in [-0.2, 0) is 14.3 Å². The van der Waals surface area contributed by atoms with Gasteiger partial charge in [0.05, 0.1) is 23.7 Å². The Hall–Kier alpha value is -2.74. The monoisotopic (exact) mass is 413 g/mol. The molecule has 1 aromatic carbocycles. The number of morpholine rings is 1. The van der Waals surface area contributed by atoms with Gasteiger partial charge < -0.3 is 9.64 Å². The van der Waals surface area contributed by atoms with Crippen LogP contribution in [0.15, 0.2) is 30.0 Å². The van der Waals surface area contributed by atoms with Crippen molar-refractivity contribution in [3.05, 3.63) is 45.6 Å². The van der Waals surface area contributed by atoms with Gasteiger partial charge in [-0.15, -0.1) is 0 Å². The lowest BCUT2D eigenvalue weighted by Crippen LogP contribution is -2.44. The topological polar surface area (TPSA) is 93.0 Å². The molecule has 2 fully saturated rings. The largest absolute Gasteiger partial charge is 0.378 e. The van der Waals surface area contributed by atoms with Gasteiger partial charge in [-0.3, -0.25) is 24.6 Å². The van der Waals surface area contributed by atoms with Gasteiger partial charge in [0.25, 0.3) is 17.5 Å². The lowest BCUT2D eigenvalue weighted by molar-refractivity contribution is -0.384. The number of benzene rings is 1. The first-order chi connectivity index (χ1) is 14.6. The second-order valence-corrected chi connectivity index (χ2v) is 8.11. The molecular weight excluding hydrogens is 386 g/mol. The van der Waals surface area contributed by atoms with E-state index in [1.54, 1.807) is 12.1 Å². The number of imide groups is 1. The molecule has 0 atom stereocenters. The summed E-state index contributed by atoms with van der Waals surface area (Å²) in [5.41, 5.74) is 1.28. The van der Waals surface area contributed by atoms with Gasteiger partial charge in [0.15, 0.2) is 0 Å². The first-order valence-electron chi connectivity index (χ1n) is 10.8. The van der Waals surface area contributed by atoms with Crippen LogP contribution in [0.3, 0.4) is 0 Å². The van der Waals surface area contributed by atoms with Crippen LogP contribution in [0.5, 0.6) is 0 Å². The SMILES string of the molecule is O=C1C(c2ccc([N+](=O)[O-])cc2)=C(N2CCOCC2)C(=O)N1C1CCCCCCC1. The average molecular weight is 413 g/mol. The fraction of sp³-hybridized carbons (Fsp3) is 0.545. The summed E-state index contributed by atoms with van der Waals surface area (Å²) in [5, 5.41) is 11.0. The van der Waals surface area contributed by atoms with Crippen molar-refractivity contribution in [1.82, 2.24) is 9.80 Å². The molecular formula is C22H27N3O5. The maximum Gasteiger partial charge on any atom is 0.278 e. The number of hydrogen-bond donors (Lipinski definition) is 0. The zero-order valence-corrected chi connectivity index (χ0v) is 17.0. The molecule has 0 unspecified atom stereocenters. The third-order valence-corrected chi connectivity index (χ3v) is 6.22. The van der Waals surface area contributed by atoms with E-state index in [2.05, 4.69) is 0 Å². The van der Waals surface area contributed by atoms with E-state index in [1.165, 1.54) is 23.5 Å². The molecule has 2 amide bonds. The minimum absolute atomic E-state index is 0.0408.